The molecule has 0 atom stereocenters. The molecule has 1 saturated carbocycles. The Morgan fingerprint density at radius 1 is 1.10 bits per heavy atom. The summed E-state index contributed by atoms with van der Waals surface area (Å²) in [5.74, 6) is 2.26. The second kappa shape index (κ2) is 10.3. The maximum Gasteiger partial charge on any atom is 0.227 e. The van der Waals surface area contributed by atoms with Crippen molar-refractivity contribution in [3.05, 3.63) is 54.2 Å². The van der Waals surface area contributed by atoms with E-state index in [4.69, 9.17) is 0 Å². The van der Waals surface area contributed by atoms with E-state index in [0.717, 1.165) is 74.9 Å². The van der Waals surface area contributed by atoms with Gasteiger partial charge >= 0.3 is 0 Å². The highest BCUT2D eigenvalue weighted by Gasteiger charge is 2.23. The highest BCUT2D eigenvalue weighted by molar-refractivity contribution is 5.92. The number of pyridine rings is 1. The molecular weight excluding hydrogens is 388 g/mol. The average Bonchev–Trinajstić information content (AvgIpc) is 3.36. The lowest BCUT2D eigenvalue weighted by Gasteiger charge is -2.37. The molecule has 2 fully saturated rings. The quantitative estimate of drug-likeness (QED) is 0.574. The molecule has 0 bridgehead atoms. The Bertz CT molecular complexity index is 886. The van der Waals surface area contributed by atoms with Crippen LogP contribution in [0.25, 0.3) is 0 Å². The van der Waals surface area contributed by atoms with Crippen LogP contribution in [0.4, 0.5) is 11.5 Å². The van der Waals surface area contributed by atoms with Crippen molar-refractivity contribution in [2.45, 2.75) is 32.2 Å². The normalized spacial score (nSPS) is 17.6. The van der Waals surface area contributed by atoms with Gasteiger partial charge in [-0.2, -0.15) is 0 Å². The number of aromatic nitrogens is 1. The summed E-state index contributed by atoms with van der Waals surface area (Å²) in [5.41, 5.74) is 1.99. The van der Waals surface area contributed by atoms with Crippen LogP contribution in [0.15, 0.2) is 53.7 Å². The predicted octanol–water partition coefficient (Wildman–Crippen LogP) is 3.11. The second-order valence-corrected chi connectivity index (χ2v) is 8.23. The standard InChI is InChI=1S/C24H32N6O/c1-25-24(30-15-13-29(14-16-30)22-11-4-5-12-26-22)27-18-19-7-6-10-21(17-19)28-23(31)20-8-2-3-9-20/h4-7,10-12,17,20H,2-3,8-9,13-16,18H2,1H3,(H,25,27)(H,28,31). The molecule has 0 unspecified atom stereocenters. The first-order valence-corrected chi connectivity index (χ1v) is 11.2. The number of carbonyl (C=O) groups excluding carboxylic acids is 1. The Morgan fingerprint density at radius 3 is 2.61 bits per heavy atom. The first kappa shape index (κ1) is 21.2. The van der Waals surface area contributed by atoms with Crippen molar-refractivity contribution >= 4 is 23.4 Å². The molecule has 1 amide bonds. The van der Waals surface area contributed by atoms with E-state index in [1.807, 2.05) is 43.6 Å². The molecule has 2 aliphatic rings. The molecule has 2 heterocycles. The minimum Gasteiger partial charge on any atom is -0.353 e. The second-order valence-electron chi connectivity index (χ2n) is 8.23. The van der Waals surface area contributed by atoms with E-state index >= 15 is 0 Å². The van der Waals surface area contributed by atoms with E-state index in [9.17, 15) is 4.79 Å². The highest BCUT2D eigenvalue weighted by atomic mass is 16.1. The highest BCUT2D eigenvalue weighted by Crippen LogP contribution is 2.26. The van der Waals surface area contributed by atoms with Crippen LogP contribution in [0, 0.1) is 5.92 Å². The predicted molar refractivity (Wildman–Crippen MR) is 125 cm³/mol. The number of carbonyl (C=O) groups is 1. The maximum atomic E-state index is 12.4. The number of rotatable bonds is 5. The molecule has 31 heavy (non-hydrogen) atoms. The number of anilines is 2. The lowest BCUT2D eigenvalue weighted by atomic mass is 10.1. The van der Waals surface area contributed by atoms with Gasteiger partial charge in [0, 0.05) is 57.6 Å². The number of aliphatic imine (C=N–C) groups is 1. The molecule has 1 aliphatic heterocycles. The first-order chi connectivity index (χ1) is 15.2. The third kappa shape index (κ3) is 5.54. The van der Waals surface area contributed by atoms with Crippen LogP contribution in [0.3, 0.4) is 0 Å². The zero-order valence-corrected chi connectivity index (χ0v) is 18.3. The number of hydrogen-bond donors (Lipinski definition) is 2. The van der Waals surface area contributed by atoms with Crippen LogP contribution in [0.5, 0.6) is 0 Å². The van der Waals surface area contributed by atoms with Crippen LogP contribution in [0.1, 0.15) is 31.2 Å². The molecule has 2 N–H and O–H groups in total. The number of nitrogens with zero attached hydrogens (tertiary/aromatic N) is 4. The van der Waals surface area contributed by atoms with Gasteiger partial charge in [0.2, 0.25) is 5.91 Å². The summed E-state index contributed by atoms with van der Waals surface area (Å²) in [7, 11) is 1.83. The fourth-order valence-electron chi connectivity index (χ4n) is 4.39. The summed E-state index contributed by atoms with van der Waals surface area (Å²) in [6.07, 6.45) is 6.19. The lowest BCUT2D eigenvalue weighted by molar-refractivity contribution is -0.119. The fraction of sp³-hybridized carbons (Fsp3) is 0.458. The fourth-order valence-corrected chi connectivity index (χ4v) is 4.39. The van der Waals surface area contributed by atoms with E-state index in [2.05, 4.69) is 42.5 Å². The molecular formula is C24H32N6O. The van der Waals surface area contributed by atoms with Crippen molar-refractivity contribution in [3.63, 3.8) is 0 Å². The average molecular weight is 421 g/mol. The number of amides is 1. The monoisotopic (exact) mass is 420 g/mol. The van der Waals surface area contributed by atoms with Crippen LogP contribution in [-0.2, 0) is 11.3 Å². The van der Waals surface area contributed by atoms with Crippen LogP contribution < -0.4 is 15.5 Å². The van der Waals surface area contributed by atoms with Gasteiger partial charge in [0.15, 0.2) is 5.96 Å². The molecule has 2 aromatic rings. The molecule has 1 aromatic carbocycles. The van der Waals surface area contributed by atoms with Gasteiger partial charge in [-0.3, -0.25) is 9.79 Å². The van der Waals surface area contributed by atoms with Crippen LogP contribution in [-0.4, -0.2) is 55.0 Å². The molecule has 164 valence electrons. The van der Waals surface area contributed by atoms with Crippen molar-refractivity contribution < 1.29 is 4.79 Å². The van der Waals surface area contributed by atoms with E-state index in [0.29, 0.717) is 6.54 Å². The van der Waals surface area contributed by atoms with Crippen molar-refractivity contribution in [1.82, 2.24) is 15.2 Å². The SMILES string of the molecule is CN=C(NCc1cccc(NC(=O)C2CCCC2)c1)N1CCN(c2ccccn2)CC1. The molecule has 7 heteroatoms. The molecule has 7 nitrogen and oxygen atoms in total. The Labute approximate surface area is 184 Å². The Hall–Kier alpha value is -3.09. The van der Waals surface area contributed by atoms with Gasteiger partial charge < -0.3 is 20.4 Å². The van der Waals surface area contributed by atoms with Gasteiger partial charge in [0.05, 0.1) is 0 Å². The zero-order chi connectivity index (χ0) is 21.5. The summed E-state index contributed by atoms with van der Waals surface area (Å²) in [5, 5.41) is 6.57. The van der Waals surface area contributed by atoms with Crippen LogP contribution in [0.2, 0.25) is 0 Å². The number of nitrogens with one attached hydrogen (secondary N) is 2. The number of benzene rings is 1. The van der Waals surface area contributed by atoms with Gasteiger partial charge in [0.1, 0.15) is 5.82 Å². The smallest absolute Gasteiger partial charge is 0.227 e. The summed E-state index contributed by atoms with van der Waals surface area (Å²) in [6.45, 7) is 4.29. The topological polar surface area (TPSA) is 72.9 Å². The largest absolute Gasteiger partial charge is 0.353 e. The number of piperazine rings is 1. The summed E-state index contributed by atoms with van der Waals surface area (Å²) in [4.78, 5) is 25.9. The molecule has 1 saturated heterocycles. The third-order valence-corrected chi connectivity index (χ3v) is 6.14. The minimum absolute atomic E-state index is 0.157. The van der Waals surface area contributed by atoms with Crippen molar-refractivity contribution in [1.29, 1.82) is 0 Å². The molecule has 4 rings (SSSR count). The summed E-state index contributed by atoms with van der Waals surface area (Å²) < 4.78 is 0. The summed E-state index contributed by atoms with van der Waals surface area (Å²) >= 11 is 0. The Kier molecular flexibility index (Phi) is 7.02. The van der Waals surface area contributed by atoms with Gasteiger partial charge in [-0.05, 0) is 42.7 Å². The van der Waals surface area contributed by atoms with E-state index in [1.54, 1.807) is 0 Å². The number of hydrogen-bond acceptors (Lipinski definition) is 4. The number of guanidine groups is 1. The van der Waals surface area contributed by atoms with Gasteiger partial charge in [-0.1, -0.05) is 31.0 Å². The van der Waals surface area contributed by atoms with E-state index in [-0.39, 0.29) is 11.8 Å². The summed E-state index contributed by atoms with van der Waals surface area (Å²) in [6, 6.07) is 14.1. The Balaban J connectivity index is 1.28. The van der Waals surface area contributed by atoms with Crippen LogP contribution >= 0.6 is 0 Å². The maximum absolute atomic E-state index is 12.4. The molecule has 1 aliphatic carbocycles. The first-order valence-electron chi connectivity index (χ1n) is 11.2. The molecule has 0 spiro atoms. The van der Waals surface area contributed by atoms with Gasteiger partial charge in [0.25, 0.3) is 0 Å². The van der Waals surface area contributed by atoms with E-state index in [1.165, 1.54) is 0 Å². The van der Waals surface area contributed by atoms with E-state index < -0.39 is 0 Å². The zero-order valence-electron chi connectivity index (χ0n) is 18.3. The van der Waals surface area contributed by atoms with Gasteiger partial charge in [-0.25, -0.2) is 4.98 Å². The Morgan fingerprint density at radius 2 is 1.90 bits per heavy atom. The van der Waals surface area contributed by atoms with Gasteiger partial charge in [-0.15, -0.1) is 0 Å². The lowest BCUT2D eigenvalue weighted by Crippen LogP contribution is -2.52. The van der Waals surface area contributed by atoms with Crippen molar-refractivity contribution in [3.8, 4) is 0 Å². The van der Waals surface area contributed by atoms with Crippen molar-refractivity contribution in [2.75, 3.05) is 43.4 Å². The molecule has 0 radical (unpaired) electrons. The van der Waals surface area contributed by atoms with Crippen molar-refractivity contribution in [2.24, 2.45) is 10.9 Å². The molecule has 1 aromatic heterocycles. The third-order valence-electron chi connectivity index (χ3n) is 6.14. The minimum atomic E-state index is 0.157.